The lowest BCUT2D eigenvalue weighted by atomic mass is 10.1. The summed E-state index contributed by atoms with van der Waals surface area (Å²) in [6, 6.07) is 0.508. The minimum atomic E-state index is 0.135. The lowest BCUT2D eigenvalue weighted by Crippen LogP contribution is -2.44. The van der Waals surface area contributed by atoms with Crippen LogP contribution in [0.4, 0.5) is 0 Å². The van der Waals surface area contributed by atoms with Crippen LogP contribution in [0.15, 0.2) is 0 Å². The number of rotatable bonds is 5. The monoisotopic (exact) mass is 267 g/mol. The first-order valence-electron chi connectivity index (χ1n) is 7.12. The SMILES string of the molecule is CCC1COCCN1Cc1c(C)nn(CCO)c1C. The molecule has 1 aromatic rings. The Morgan fingerprint density at radius 1 is 1.42 bits per heavy atom. The molecule has 0 amide bonds. The van der Waals surface area contributed by atoms with Gasteiger partial charge < -0.3 is 9.84 Å². The van der Waals surface area contributed by atoms with Gasteiger partial charge in [-0.2, -0.15) is 5.10 Å². The van der Waals surface area contributed by atoms with Gasteiger partial charge in [0.25, 0.3) is 0 Å². The molecule has 0 spiro atoms. The van der Waals surface area contributed by atoms with Crippen molar-refractivity contribution in [3.05, 3.63) is 17.0 Å². The second-order valence-electron chi connectivity index (χ2n) is 5.20. The lowest BCUT2D eigenvalue weighted by molar-refractivity contribution is -0.0129. The number of aromatic nitrogens is 2. The van der Waals surface area contributed by atoms with E-state index in [2.05, 4.69) is 30.8 Å². The van der Waals surface area contributed by atoms with Crippen LogP contribution in [-0.4, -0.2) is 52.2 Å². The first kappa shape index (κ1) is 14.5. The van der Waals surface area contributed by atoms with Crippen LogP contribution in [0.25, 0.3) is 0 Å². The fraction of sp³-hybridized carbons (Fsp3) is 0.786. The summed E-state index contributed by atoms with van der Waals surface area (Å²) >= 11 is 0. The molecule has 1 unspecified atom stereocenters. The van der Waals surface area contributed by atoms with Crippen LogP contribution in [0, 0.1) is 13.8 Å². The van der Waals surface area contributed by atoms with Crippen molar-refractivity contribution in [2.24, 2.45) is 0 Å². The number of aryl methyl sites for hydroxylation is 1. The molecule has 19 heavy (non-hydrogen) atoms. The molecule has 0 radical (unpaired) electrons. The lowest BCUT2D eigenvalue weighted by Gasteiger charge is -2.35. The highest BCUT2D eigenvalue weighted by Crippen LogP contribution is 2.19. The van der Waals surface area contributed by atoms with E-state index in [0.717, 1.165) is 38.4 Å². The van der Waals surface area contributed by atoms with E-state index < -0.39 is 0 Å². The molecule has 1 atom stereocenters. The van der Waals surface area contributed by atoms with Gasteiger partial charge in [-0.3, -0.25) is 9.58 Å². The number of aliphatic hydroxyl groups is 1. The van der Waals surface area contributed by atoms with Gasteiger partial charge in [0, 0.05) is 30.4 Å². The molecule has 2 rings (SSSR count). The van der Waals surface area contributed by atoms with E-state index in [9.17, 15) is 0 Å². The number of morpholine rings is 1. The summed E-state index contributed by atoms with van der Waals surface area (Å²) in [4.78, 5) is 2.49. The summed E-state index contributed by atoms with van der Waals surface area (Å²) in [5.74, 6) is 0. The van der Waals surface area contributed by atoms with Crippen LogP contribution in [0.1, 0.15) is 30.3 Å². The third-order valence-corrected chi connectivity index (χ3v) is 4.03. The van der Waals surface area contributed by atoms with E-state index in [-0.39, 0.29) is 6.61 Å². The highest BCUT2D eigenvalue weighted by Gasteiger charge is 2.23. The fourth-order valence-corrected chi connectivity index (χ4v) is 2.75. The van der Waals surface area contributed by atoms with Crippen molar-refractivity contribution in [3.8, 4) is 0 Å². The first-order valence-corrected chi connectivity index (χ1v) is 7.12. The van der Waals surface area contributed by atoms with Crippen LogP contribution < -0.4 is 0 Å². The zero-order chi connectivity index (χ0) is 13.8. The second kappa shape index (κ2) is 6.50. The average molecular weight is 267 g/mol. The standard InChI is InChI=1S/C14H25N3O2/c1-4-13-10-19-8-6-16(13)9-14-11(2)15-17(5-7-18)12(14)3/h13,18H,4-10H2,1-3H3. The molecular weight excluding hydrogens is 242 g/mol. The molecule has 1 N–H and O–H groups in total. The van der Waals surface area contributed by atoms with E-state index in [0.29, 0.717) is 12.6 Å². The van der Waals surface area contributed by atoms with Gasteiger partial charge in [0.05, 0.1) is 32.1 Å². The molecule has 0 saturated carbocycles. The molecule has 108 valence electrons. The van der Waals surface area contributed by atoms with Crippen molar-refractivity contribution in [1.82, 2.24) is 14.7 Å². The minimum Gasteiger partial charge on any atom is -0.394 e. The molecular formula is C14H25N3O2. The summed E-state index contributed by atoms with van der Waals surface area (Å²) in [7, 11) is 0. The Morgan fingerprint density at radius 2 is 2.21 bits per heavy atom. The van der Waals surface area contributed by atoms with Crippen LogP contribution in [0.3, 0.4) is 0 Å². The van der Waals surface area contributed by atoms with E-state index >= 15 is 0 Å². The highest BCUT2D eigenvalue weighted by atomic mass is 16.5. The smallest absolute Gasteiger partial charge is 0.0644 e. The summed E-state index contributed by atoms with van der Waals surface area (Å²) in [6.45, 7) is 10.6. The summed E-state index contributed by atoms with van der Waals surface area (Å²) in [5, 5.41) is 13.6. The Labute approximate surface area is 115 Å². The summed E-state index contributed by atoms with van der Waals surface area (Å²) in [6.07, 6.45) is 1.11. The maximum absolute atomic E-state index is 9.06. The molecule has 1 saturated heterocycles. The Balaban J connectivity index is 2.13. The van der Waals surface area contributed by atoms with Crippen LogP contribution >= 0.6 is 0 Å². The van der Waals surface area contributed by atoms with Crippen molar-refractivity contribution in [2.75, 3.05) is 26.4 Å². The molecule has 5 heteroatoms. The van der Waals surface area contributed by atoms with Crippen molar-refractivity contribution in [1.29, 1.82) is 0 Å². The van der Waals surface area contributed by atoms with Crippen molar-refractivity contribution >= 4 is 0 Å². The maximum atomic E-state index is 9.06. The zero-order valence-corrected chi connectivity index (χ0v) is 12.2. The van der Waals surface area contributed by atoms with E-state index in [1.165, 1.54) is 11.3 Å². The van der Waals surface area contributed by atoms with Crippen LogP contribution in [-0.2, 0) is 17.8 Å². The number of aliphatic hydroxyl groups excluding tert-OH is 1. The molecule has 0 aromatic carbocycles. The maximum Gasteiger partial charge on any atom is 0.0644 e. The van der Waals surface area contributed by atoms with Gasteiger partial charge in [-0.1, -0.05) is 6.92 Å². The largest absolute Gasteiger partial charge is 0.394 e. The number of nitrogens with zero attached hydrogens (tertiary/aromatic N) is 3. The Kier molecular flexibility index (Phi) is 4.96. The predicted octanol–water partition coefficient (Wildman–Crippen LogP) is 1.10. The molecule has 0 aliphatic carbocycles. The van der Waals surface area contributed by atoms with E-state index in [4.69, 9.17) is 9.84 Å². The third-order valence-electron chi connectivity index (χ3n) is 4.03. The molecule has 0 bridgehead atoms. The molecule has 1 fully saturated rings. The van der Waals surface area contributed by atoms with Crippen LogP contribution in [0.2, 0.25) is 0 Å². The molecule has 1 aromatic heterocycles. The summed E-state index contributed by atoms with van der Waals surface area (Å²) in [5.41, 5.74) is 3.55. The number of hydrogen-bond donors (Lipinski definition) is 1. The van der Waals surface area contributed by atoms with Gasteiger partial charge in [-0.05, 0) is 20.3 Å². The number of hydrogen-bond acceptors (Lipinski definition) is 4. The molecule has 1 aliphatic heterocycles. The van der Waals surface area contributed by atoms with Gasteiger partial charge in [0.1, 0.15) is 0 Å². The highest BCUT2D eigenvalue weighted by molar-refractivity contribution is 5.24. The van der Waals surface area contributed by atoms with Crippen LogP contribution in [0.5, 0.6) is 0 Å². The normalized spacial score (nSPS) is 20.9. The topological polar surface area (TPSA) is 50.5 Å². The van der Waals surface area contributed by atoms with E-state index in [1.54, 1.807) is 0 Å². The van der Waals surface area contributed by atoms with Gasteiger partial charge in [0.15, 0.2) is 0 Å². The fourth-order valence-electron chi connectivity index (χ4n) is 2.75. The van der Waals surface area contributed by atoms with Gasteiger partial charge in [-0.25, -0.2) is 0 Å². The minimum absolute atomic E-state index is 0.135. The first-order chi connectivity index (χ1) is 9.17. The quantitative estimate of drug-likeness (QED) is 0.868. The summed E-state index contributed by atoms with van der Waals surface area (Å²) < 4.78 is 7.46. The Bertz CT molecular complexity index is 417. The predicted molar refractivity (Wildman–Crippen MR) is 74.1 cm³/mol. The number of ether oxygens (including phenoxy) is 1. The second-order valence-corrected chi connectivity index (χ2v) is 5.20. The van der Waals surface area contributed by atoms with Gasteiger partial charge in [0.2, 0.25) is 0 Å². The third kappa shape index (κ3) is 3.16. The molecule has 2 heterocycles. The molecule has 1 aliphatic rings. The van der Waals surface area contributed by atoms with E-state index in [1.807, 2.05) is 4.68 Å². The average Bonchev–Trinajstić information content (AvgIpc) is 2.68. The Morgan fingerprint density at radius 3 is 2.89 bits per heavy atom. The Hall–Kier alpha value is -0.910. The van der Waals surface area contributed by atoms with Gasteiger partial charge >= 0.3 is 0 Å². The van der Waals surface area contributed by atoms with Gasteiger partial charge in [-0.15, -0.1) is 0 Å². The van der Waals surface area contributed by atoms with Crippen molar-refractivity contribution in [3.63, 3.8) is 0 Å². The van der Waals surface area contributed by atoms with Crippen molar-refractivity contribution < 1.29 is 9.84 Å². The van der Waals surface area contributed by atoms with Crippen molar-refractivity contribution in [2.45, 2.75) is 46.3 Å². The molecule has 5 nitrogen and oxygen atoms in total. The zero-order valence-electron chi connectivity index (χ0n) is 12.2.